The topological polar surface area (TPSA) is 30.5 Å². The predicted octanol–water partition coefficient (Wildman–Crippen LogP) is 1.28. The fourth-order valence-corrected chi connectivity index (χ4v) is 3.43. The second-order valence-electron chi connectivity index (χ2n) is 5.23. The maximum Gasteiger partial charge on any atom is 0.169 e. The summed E-state index contributed by atoms with van der Waals surface area (Å²) in [5, 5.41) is 3.59. The molecule has 0 bridgehead atoms. The molecule has 2 heterocycles. The molecule has 2 saturated heterocycles. The molecule has 3 heteroatoms. The molecule has 0 amide bonds. The number of fused-ring (bicyclic) bond motifs is 1. The van der Waals surface area contributed by atoms with E-state index in [4.69, 9.17) is 9.47 Å². The van der Waals surface area contributed by atoms with Crippen LogP contribution in [0.4, 0.5) is 0 Å². The fourth-order valence-electron chi connectivity index (χ4n) is 3.43. The van der Waals surface area contributed by atoms with Crippen LogP contribution in [0.1, 0.15) is 32.6 Å². The molecule has 1 N–H and O–H groups in total. The summed E-state index contributed by atoms with van der Waals surface area (Å²) in [4.78, 5) is 0. The van der Waals surface area contributed by atoms with Crippen LogP contribution < -0.4 is 5.32 Å². The first-order valence-corrected chi connectivity index (χ1v) is 5.74. The Labute approximate surface area is 85.1 Å². The van der Waals surface area contributed by atoms with E-state index in [-0.39, 0.29) is 5.79 Å². The van der Waals surface area contributed by atoms with Gasteiger partial charge in [-0.1, -0.05) is 6.92 Å². The zero-order valence-corrected chi connectivity index (χ0v) is 8.84. The molecule has 14 heavy (non-hydrogen) atoms. The lowest BCUT2D eigenvalue weighted by molar-refractivity contribution is -0.201. The van der Waals surface area contributed by atoms with Gasteiger partial charge in [0.25, 0.3) is 0 Å². The van der Waals surface area contributed by atoms with E-state index in [9.17, 15) is 0 Å². The Balaban J connectivity index is 1.81. The van der Waals surface area contributed by atoms with Gasteiger partial charge in [-0.25, -0.2) is 0 Å². The number of rotatable bonds is 0. The quantitative estimate of drug-likeness (QED) is 0.634. The second kappa shape index (κ2) is 2.94. The minimum Gasteiger partial charge on any atom is -0.348 e. The van der Waals surface area contributed by atoms with E-state index in [1.165, 1.54) is 12.8 Å². The highest BCUT2D eigenvalue weighted by molar-refractivity contribution is 5.02. The van der Waals surface area contributed by atoms with E-state index in [0.29, 0.717) is 11.5 Å². The van der Waals surface area contributed by atoms with Crippen LogP contribution in [-0.2, 0) is 9.47 Å². The van der Waals surface area contributed by atoms with Crippen molar-refractivity contribution < 1.29 is 9.47 Å². The Morgan fingerprint density at radius 2 is 2.00 bits per heavy atom. The lowest BCUT2D eigenvalue weighted by atomic mass is 9.69. The summed E-state index contributed by atoms with van der Waals surface area (Å²) in [7, 11) is 0. The molecule has 2 aliphatic heterocycles. The average Bonchev–Trinajstić information content (AvgIpc) is 2.72. The van der Waals surface area contributed by atoms with Crippen LogP contribution >= 0.6 is 0 Å². The van der Waals surface area contributed by atoms with Gasteiger partial charge >= 0.3 is 0 Å². The summed E-state index contributed by atoms with van der Waals surface area (Å²) >= 11 is 0. The molecule has 0 aromatic carbocycles. The van der Waals surface area contributed by atoms with Crippen molar-refractivity contribution in [3.05, 3.63) is 0 Å². The largest absolute Gasteiger partial charge is 0.348 e. The molecule has 1 spiro atoms. The smallest absolute Gasteiger partial charge is 0.169 e. The highest BCUT2D eigenvalue weighted by atomic mass is 16.7. The van der Waals surface area contributed by atoms with Gasteiger partial charge in [0.2, 0.25) is 0 Å². The van der Waals surface area contributed by atoms with Gasteiger partial charge in [0.1, 0.15) is 0 Å². The van der Waals surface area contributed by atoms with Gasteiger partial charge in [0, 0.05) is 18.9 Å². The Morgan fingerprint density at radius 3 is 2.79 bits per heavy atom. The van der Waals surface area contributed by atoms with Crippen molar-refractivity contribution in [2.24, 2.45) is 5.41 Å². The van der Waals surface area contributed by atoms with Crippen molar-refractivity contribution in [3.63, 3.8) is 0 Å². The Morgan fingerprint density at radius 1 is 1.21 bits per heavy atom. The molecule has 0 aromatic rings. The number of hydrogen-bond acceptors (Lipinski definition) is 3. The normalized spacial score (nSPS) is 45.6. The molecule has 0 radical (unpaired) electrons. The summed E-state index contributed by atoms with van der Waals surface area (Å²) in [6.45, 7) is 5.11. The molecule has 3 aliphatic rings. The number of nitrogens with one attached hydrogen (secondary N) is 1. The first kappa shape index (κ1) is 9.13. The molecule has 1 saturated carbocycles. The first-order chi connectivity index (χ1) is 6.73. The van der Waals surface area contributed by atoms with Crippen molar-refractivity contribution >= 4 is 0 Å². The van der Waals surface area contributed by atoms with E-state index in [0.717, 1.165) is 32.6 Å². The van der Waals surface area contributed by atoms with Crippen LogP contribution in [-0.4, -0.2) is 31.6 Å². The monoisotopic (exact) mass is 197 g/mol. The molecule has 0 unspecified atom stereocenters. The zero-order valence-electron chi connectivity index (χ0n) is 8.84. The molecule has 0 aromatic heterocycles. The van der Waals surface area contributed by atoms with E-state index in [1.807, 2.05) is 0 Å². The summed E-state index contributed by atoms with van der Waals surface area (Å²) in [6, 6.07) is 0.695. The Bertz CT molecular complexity index is 235. The maximum absolute atomic E-state index is 5.80. The molecule has 3 rings (SSSR count). The minimum atomic E-state index is -0.211. The van der Waals surface area contributed by atoms with E-state index in [2.05, 4.69) is 12.2 Å². The SMILES string of the molecule is C[C@@]12CCN[C@@H]1CCC1(C2)OCCO1. The van der Waals surface area contributed by atoms with Gasteiger partial charge in [-0.3, -0.25) is 0 Å². The van der Waals surface area contributed by atoms with Crippen molar-refractivity contribution in [2.45, 2.75) is 44.4 Å². The fraction of sp³-hybridized carbons (Fsp3) is 1.00. The first-order valence-electron chi connectivity index (χ1n) is 5.74. The number of ether oxygens (including phenoxy) is 2. The van der Waals surface area contributed by atoms with E-state index in [1.54, 1.807) is 0 Å². The third-order valence-corrected chi connectivity index (χ3v) is 4.23. The summed E-state index contributed by atoms with van der Waals surface area (Å²) < 4.78 is 11.6. The van der Waals surface area contributed by atoms with Crippen LogP contribution in [0, 0.1) is 5.41 Å². The van der Waals surface area contributed by atoms with E-state index >= 15 is 0 Å². The molecule has 2 atom stereocenters. The lowest BCUT2D eigenvalue weighted by Gasteiger charge is -2.44. The standard InChI is InChI=1S/C11H19NO2/c1-10-4-5-12-9(10)2-3-11(8-10)13-6-7-14-11/h9,12H,2-8H2,1H3/t9-,10+/m1/s1. The third kappa shape index (κ3) is 1.23. The third-order valence-electron chi connectivity index (χ3n) is 4.23. The molecule has 80 valence electrons. The molecule has 3 nitrogen and oxygen atoms in total. The van der Waals surface area contributed by atoms with Gasteiger partial charge in [0.05, 0.1) is 13.2 Å². The van der Waals surface area contributed by atoms with Crippen LogP contribution in [0.5, 0.6) is 0 Å². The van der Waals surface area contributed by atoms with Crippen molar-refractivity contribution in [2.75, 3.05) is 19.8 Å². The zero-order chi connectivity index (χ0) is 9.65. The number of hydrogen-bond donors (Lipinski definition) is 1. The van der Waals surface area contributed by atoms with Gasteiger partial charge in [-0.2, -0.15) is 0 Å². The lowest BCUT2D eigenvalue weighted by Crippen LogP contribution is -2.48. The summed E-state index contributed by atoms with van der Waals surface area (Å²) in [6.07, 6.45) is 4.63. The van der Waals surface area contributed by atoms with Gasteiger partial charge in [-0.05, 0) is 24.8 Å². The molecule has 1 aliphatic carbocycles. The summed E-state index contributed by atoms with van der Waals surface area (Å²) in [5.41, 5.74) is 0.405. The van der Waals surface area contributed by atoms with Gasteiger partial charge < -0.3 is 14.8 Å². The van der Waals surface area contributed by atoms with Crippen LogP contribution in [0.3, 0.4) is 0 Å². The average molecular weight is 197 g/mol. The summed E-state index contributed by atoms with van der Waals surface area (Å²) in [5.74, 6) is -0.211. The van der Waals surface area contributed by atoms with Gasteiger partial charge in [-0.15, -0.1) is 0 Å². The van der Waals surface area contributed by atoms with E-state index < -0.39 is 0 Å². The predicted molar refractivity (Wildman–Crippen MR) is 53.0 cm³/mol. The van der Waals surface area contributed by atoms with Crippen LogP contribution in [0.25, 0.3) is 0 Å². The van der Waals surface area contributed by atoms with Crippen molar-refractivity contribution in [1.29, 1.82) is 0 Å². The highest BCUT2D eigenvalue weighted by Crippen LogP contribution is 2.49. The Kier molecular flexibility index (Phi) is 1.92. The highest BCUT2D eigenvalue weighted by Gasteiger charge is 2.52. The van der Waals surface area contributed by atoms with Crippen LogP contribution in [0.2, 0.25) is 0 Å². The van der Waals surface area contributed by atoms with Gasteiger partial charge in [0.15, 0.2) is 5.79 Å². The molecular weight excluding hydrogens is 178 g/mol. The minimum absolute atomic E-state index is 0.211. The molecular formula is C11H19NO2. The molecule has 3 fully saturated rings. The van der Waals surface area contributed by atoms with Crippen LogP contribution in [0.15, 0.2) is 0 Å². The maximum atomic E-state index is 5.80. The van der Waals surface area contributed by atoms with Crippen molar-refractivity contribution in [3.8, 4) is 0 Å². The van der Waals surface area contributed by atoms with Crippen molar-refractivity contribution in [1.82, 2.24) is 5.32 Å². The Hall–Kier alpha value is -0.120. The second-order valence-corrected chi connectivity index (χ2v) is 5.23.